The number of nitrogens with one attached hydrogen (secondary N) is 1. The smallest absolute Gasteiger partial charge is 0.231 e. The number of nitrogens with two attached hydrogens (primary N) is 1. The fraction of sp³-hybridized carbons (Fsp3) is 0.917. The van der Waals surface area contributed by atoms with Crippen LogP contribution >= 0.6 is 0 Å². The van der Waals surface area contributed by atoms with Crippen molar-refractivity contribution in [2.75, 3.05) is 26.2 Å². The summed E-state index contributed by atoms with van der Waals surface area (Å²) in [5.41, 5.74) is 5.38. The molecule has 1 aliphatic rings. The molecule has 4 nitrogen and oxygen atoms in total. The zero-order valence-electron chi connectivity index (χ0n) is 10.8. The molecule has 1 amide bonds. The molecule has 1 fully saturated rings. The second-order valence-corrected chi connectivity index (χ2v) is 5.82. The first kappa shape index (κ1) is 13.5. The Kier molecular flexibility index (Phi) is 4.74. The molecule has 16 heavy (non-hydrogen) atoms. The molecule has 3 N–H and O–H groups in total. The summed E-state index contributed by atoms with van der Waals surface area (Å²) in [6.07, 6.45) is 2.33. The van der Waals surface area contributed by atoms with Crippen LogP contribution in [0.25, 0.3) is 0 Å². The van der Waals surface area contributed by atoms with E-state index in [0.717, 1.165) is 38.4 Å². The van der Waals surface area contributed by atoms with E-state index >= 15 is 0 Å². The highest BCUT2D eigenvalue weighted by Crippen LogP contribution is 2.16. The highest BCUT2D eigenvalue weighted by molar-refractivity contribution is 5.75. The van der Waals surface area contributed by atoms with Crippen molar-refractivity contribution >= 4 is 5.91 Å². The van der Waals surface area contributed by atoms with Gasteiger partial charge >= 0.3 is 0 Å². The number of carbonyl (C=O) groups is 1. The molecule has 0 aliphatic carbocycles. The van der Waals surface area contributed by atoms with Crippen molar-refractivity contribution in [2.24, 2.45) is 11.7 Å². The van der Waals surface area contributed by atoms with Crippen LogP contribution in [0.1, 0.15) is 33.6 Å². The molecule has 0 spiro atoms. The predicted molar refractivity (Wildman–Crippen MR) is 66.1 cm³/mol. The lowest BCUT2D eigenvalue weighted by molar-refractivity contribution is -0.119. The van der Waals surface area contributed by atoms with Crippen LogP contribution in [0.4, 0.5) is 0 Å². The predicted octanol–water partition coefficient (Wildman–Crippen LogP) is 0.572. The quantitative estimate of drug-likeness (QED) is 0.738. The van der Waals surface area contributed by atoms with Crippen LogP contribution < -0.4 is 11.1 Å². The van der Waals surface area contributed by atoms with E-state index < -0.39 is 0 Å². The highest BCUT2D eigenvalue weighted by atomic mass is 16.1. The third kappa shape index (κ3) is 5.47. The molecule has 0 aromatic heterocycles. The molecular weight excluding hydrogens is 202 g/mol. The van der Waals surface area contributed by atoms with E-state index in [0.29, 0.717) is 6.54 Å². The monoisotopic (exact) mass is 227 g/mol. The van der Waals surface area contributed by atoms with Crippen molar-refractivity contribution < 1.29 is 4.79 Å². The second-order valence-electron chi connectivity index (χ2n) is 5.82. The molecule has 0 aromatic rings. The number of amides is 1. The average Bonchev–Trinajstić information content (AvgIpc) is 2.14. The Bertz CT molecular complexity index is 227. The number of carbonyl (C=O) groups excluding carboxylic acids is 1. The van der Waals surface area contributed by atoms with Crippen molar-refractivity contribution in [1.29, 1.82) is 0 Å². The van der Waals surface area contributed by atoms with Crippen molar-refractivity contribution in [3.05, 3.63) is 0 Å². The summed E-state index contributed by atoms with van der Waals surface area (Å²) >= 11 is 0. The molecule has 1 heterocycles. The van der Waals surface area contributed by atoms with Crippen molar-refractivity contribution in [3.63, 3.8) is 0 Å². The number of primary amides is 1. The topological polar surface area (TPSA) is 58.4 Å². The van der Waals surface area contributed by atoms with E-state index in [1.54, 1.807) is 0 Å². The SMILES string of the molecule is CC(C)(C)NCC1CCN(CC(N)=O)CC1. The first-order valence-corrected chi connectivity index (χ1v) is 6.12. The van der Waals surface area contributed by atoms with Gasteiger partial charge < -0.3 is 11.1 Å². The van der Waals surface area contributed by atoms with E-state index in [1.165, 1.54) is 0 Å². The molecule has 4 heteroatoms. The van der Waals surface area contributed by atoms with Crippen LogP contribution in [0.3, 0.4) is 0 Å². The van der Waals surface area contributed by atoms with Crippen molar-refractivity contribution in [2.45, 2.75) is 39.2 Å². The van der Waals surface area contributed by atoms with Crippen LogP contribution in [0.5, 0.6) is 0 Å². The minimum absolute atomic E-state index is 0.199. The molecule has 0 radical (unpaired) electrons. The van der Waals surface area contributed by atoms with Gasteiger partial charge in [-0.25, -0.2) is 0 Å². The fourth-order valence-corrected chi connectivity index (χ4v) is 2.02. The average molecular weight is 227 g/mol. The fourth-order valence-electron chi connectivity index (χ4n) is 2.02. The number of rotatable bonds is 4. The van der Waals surface area contributed by atoms with Gasteiger partial charge in [0, 0.05) is 5.54 Å². The minimum atomic E-state index is -0.216. The first-order chi connectivity index (χ1) is 7.37. The third-order valence-corrected chi connectivity index (χ3v) is 3.01. The normalized spacial score (nSPS) is 19.9. The maximum Gasteiger partial charge on any atom is 0.231 e. The van der Waals surface area contributed by atoms with Gasteiger partial charge in [-0.05, 0) is 59.2 Å². The summed E-state index contributed by atoms with van der Waals surface area (Å²) < 4.78 is 0. The van der Waals surface area contributed by atoms with E-state index in [-0.39, 0.29) is 11.4 Å². The van der Waals surface area contributed by atoms with E-state index in [9.17, 15) is 4.79 Å². The third-order valence-electron chi connectivity index (χ3n) is 3.01. The van der Waals surface area contributed by atoms with Gasteiger partial charge in [0.05, 0.1) is 6.54 Å². The number of hydrogen-bond acceptors (Lipinski definition) is 3. The van der Waals surface area contributed by atoms with Gasteiger partial charge in [0.25, 0.3) is 0 Å². The summed E-state index contributed by atoms with van der Waals surface area (Å²) in [4.78, 5) is 12.9. The summed E-state index contributed by atoms with van der Waals surface area (Å²) in [6.45, 7) is 10.1. The van der Waals surface area contributed by atoms with Crippen LogP contribution in [0.2, 0.25) is 0 Å². The van der Waals surface area contributed by atoms with Crippen LogP contribution in [-0.4, -0.2) is 42.5 Å². The lowest BCUT2D eigenvalue weighted by atomic mass is 9.95. The summed E-state index contributed by atoms with van der Waals surface area (Å²) in [6, 6.07) is 0. The van der Waals surface area contributed by atoms with Gasteiger partial charge in [-0.3, -0.25) is 9.69 Å². The van der Waals surface area contributed by atoms with Gasteiger partial charge in [0.1, 0.15) is 0 Å². The molecule has 1 rings (SSSR count). The van der Waals surface area contributed by atoms with Gasteiger partial charge in [-0.2, -0.15) is 0 Å². The zero-order valence-corrected chi connectivity index (χ0v) is 10.8. The van der Waals surface area contributed by atoms with E-state index in [4.69, 9.17) is 5.73 Å². The Labute approximate surface area is 98.6 Å². The van der Waals surface area contributed by atoms with Crippen LogP contribution in [0, 0.1) is 5.92 Å². The van der Waals surface area contributed by atoms with Gasteiger partial charge in [-0.15, -0.1) is 0 Å². The second kappa shape index (κ2) is 5.64. The molecular formula is C12H25N3O. The molecule has 0 bridgehead atoms. The Morgan fingerprint density at radius 3 is 2.38 bits per heavy atom. The molecule has 0 saturated carbocycles. The zero-order chi connectivity index (χ0) is 12.2. The van der Waals surface area contributed by atoms with Crippen molar-refractivity contribution in [3.8, 4) is 0 Å². The summed E-state index contributed by atoms with van der Waals surface area (Å²) in [5, 5.41) is 3.54. The maximum absolute atomic E-state index is 10.8. The molecule has 1 aliphatic heterocycles. The summed E-state index contributed by atoms with van der Waals surface area (Å²) in [7, 11) is 0. The van der Waals surface area contributed by atoms with E-state index in [1.807, 2.05) is 0 Å². The number of likely N-dealkylation sites (tertiary alicyclic amines) is 1. The van der Waals surface area contributed by atoms with Gasteiger partial charge in [0.15, 0.2) is 0 Å². The Morgan fingerprint density at radius 2 is 1.94 bits per heavy atom. The Morgan fingerprint density at radius 1 is 1.38 bits per heavy atom. The Balaban J connectivity index is 2.19. The Hall–Kier alpha value is -0.610. The first-order valence-electron chi connectivity index (χ1n) is 6.12. The lowest BCUT2D eigenvalue weighted by Crippen LogP contribution is -2.44. The van der Waals surface area contributed by atoms with Gasteiger partial charge in [0.2, 0.25) is 5.91 Å². The molecule has 1 saturated heterocycles. The molecule has 0 aromatic carbocycles. The number of hydrogen-bond donors (Lipinski definition) is 2. The van der Waals surface area contributed by atoms with E-state index in [2.05, 4.69) is 31.0 Å². The standard InChI is InChI=1S/C12H25N3O/c1-12(2,3)14-8-10-4-6-15(7-5-10)9-11(13)16/h10,14H,4-9H2,1-3H3,(H2,13,16). The molecule has 0 unspecified atom stereocenters. The van der Waals surface area contributed by atoms with Gasteiger partial charge in [-0.1, -0.05) is 0 Å². The van der Waals surface area contributed by atoms with Crippen LogP contribution in [0.15, 0.2) is 0 Å². The minimum Gasteiger partial charge on any atom is -0.369 e. The molecule has 94 valence electrons. The molecule has 0 atom stereocenters. The number of piperidine rings is 1. The maximum atomic E-state index is 10.8. The van der Waals surface area contributed by atoms with Crippen molar-refractivity contribution in [1.82, 2.24) is 10.2 Å². The number of nitrogens with zero attached hydrogens (tertiary/aromatic N) is 1. The largest absolute Gasteiger partial charge is 0.369 e. The van der Waals surface area contributed by atoms with Crippen LogP contribution in [-0.2, 0) is 4.79 Å². The summed E-state index contributed by atoms with van der Waals surface area (Å²) in [5.74, 6) is 0.523. The lowest BCUT2D eigenvalue weighted by Gasteiger charge is -2.33. The highest BCUT2D eigenvalue weighted by Gasteiger charge is 2.21.